The number of aliphatic hydroxyl groups is 1. The van der Waals surface area contributed by atoms with Gasteiger partial charge in [0.1, 0.15) is 5.69 Å². The molecule has 0 radical (unpaired) electrons. The molecular weight excluding hydrogens is 282 g/mol. The molecule has 0 fully saturated rings. The van der Waals surface area contributed by atoms with Crippen molar-refractivity contribution in [2.24, 2.45) is 0 Å². The Bertz CT molecular complexity index is 647. The van der Waals surface area contributed by atoms with Crippen LogP contribution in [0.4, 0.5) is 0 Å². The molecule has 22 heavy (non-hydrogen) atoms. The van der Waals surface area contributed by atoms with E-state index >= 15 is 0 Å². The molecule has 2 rings (SSSR count). The molecule has 0 saturated heterocycles. The van der Waals surface area contributed by atoms with Gasteiger partial charge in [0.15, 0.2) is 11.4 Å². The topological polar surface area (TPSA) is 75.9 Å². The van der Waals surface area contributed by atoms with Crippen LogP contribution in [0.1, 0.15) is 43.4 Å². The maximum absolute atomic E-state index is 12.6. The molecule has 0 spiro atoms. The number of aliphatic hydroxyl groups excluding tert-OH is 1. The molecule has 0 aliphatic carbocycles. The summed E-state index contributed by atoms with van der Waals surface area (Å²) in [7, 11) is 0. The van der Waals surface area contributed by atoms with Crippen molar-refractivity contribution in [1.82, 2.24) is 14.7 Å². The minimum Gasteiger partial charge on any atom is -0.490 e. The Morgan fingerprint density at radius 3 is 2.82 bits per heavy atom. The Morgan fingerprint density at radius 2 is 2.23 bits per heavy atom. The van der Waals surface area contributed by atoms with E-state index in [9.17, 15) is 9.90 Å². The van der Waals surface area contributed by atoms with Crippen molar-refractivity contribution < 1.29 is 14.6 Å². The average Bonchev–Trinajstić information content (AvgIpc) is 2.92. The second-order valence-electron chi connectivity index (χ2n) is 5.02. The van der Waals surface area contributed by atoms with Gasteiger partial charge in [0.25, 0.3) is 5.91 Å². The summed E-state index contributed by atoms with van der Waals surface area (Å²) in [5, 5.41) is 12.1. The first kappa shape index (κ1) is 16.3. The first-order valence-corrected chi connectivity index (χ1v) is 7.70. The van der Waals surface area contributed by atoms with Gasteiger partial charge >= 0.3 is 0 Å². The highest BCUT2D eigenvalue weighted by molar-refractivity contribution is 5.95. The summed E-state index contributed by atoms with van der Waals surface area (Å²) in [5.41, 5.74) is 1.87. The van der Waals surface area contributed by atoms with Gasteiger partial charge in [0.05, 0.1) is 24.9 Å². The second kappa shape index (κ2) is 7.26. The van der Waals surface area contributed by atoms with Gasteiger partial charge in [-0.15, -0.1) is 0 Å². The molecule has 120 valence electrons. The number of aromatic nitrogens is 2. The molecule has 1 unspecified atom stereocenters. The number of hydrogen-bond donors (Lipinski definition) is 2. The summed E-state index contributed by atoms with van der Waals surface area (Å²) < 4.78 is 7.33. The van der Waals surface area contributed by atoms with Crippen molar-refractivity contribution >= 4 is 11.6 Å². The van der Waals surface area contributed by atoms with Gasteiger partial charge in [-0.3, -0.25) is 9.20 Å². The average molecular weight is 305 g/mol. The quantitative estimate of drug-likeness (QED) is 0.818. The van der Waals surface area contributed by atoms with E-state index in [1.54, 1.807) is 10.6 Å². The molecule has 1 amide bonds. The van der Waals surface area contributed by atoms with E-state index in [-0.39, 0.29) is 18.6 Å². The van der Waals surface area contributed by atoms with Crippen LogP contribution in [0.15, 0.2) is 18.3 Å². The SMILES string of the molecule is CCOc1cccn2c(C(=O)NC(CC)CO)c(CC)nc12. The van der Waals surface area contributed by atoms with E-state index in [2.05, 4.69) is 10.3 Å². The van der Waals surface area contributed by atoms with E-state index in [1.165, 1.54) is 0 Å². The van der Waals surface area contributed by atoms with Crippen molar-refractivity contribution in [2.75, 3.05) is 13.2 Å². The second-order valence-corrected chi connectivity index (χ2v) is 5.02. The molecule has 2 aromatic rings. The van der Waals surface area contributed by atoms with Crippen molar-refractivity contribution in [3.05, 3.63) is 29.7 Å². The summed E-state index contributed by atoms with van der Waals surface area (Å²) in [6.45, 7) is 6.25. The highest BCUT2D eigenvalue weighted by Crippen LogP contribution is 2.22. The van der Waals surface area contributed by atoms with E-state index in [0.717, 1.165) is 5.69 Å². The predicted octanol–water partition coefficient (Wildman–Crippen LogP) is 1.80. The van der Waals surface area contributed by atoms with Gasteiger partial charge in [-0.1, -0.05) is 13.8 Å². The number of amides is 1. The Kier molecular flexibility index (Phi) is 5.38. The third kappa shape index (κ3) is 3.06. The molecule has 0 bridgehead atoms. The molecule has 0 aliphatic rings. The van der Waals surface area contributed by atoms with Gasteiger partial charge in [-0.25, -0.2) is 4.98 Å². The number of nitrogens with one attached hydrogen (secondary N) is 1. The van der Waals surface area contributed by atoms with Crippen LogP contribution in [0.5, 0.6) is 5.75 Å². The summed E-state index contributed by atoms with van der Waals surface area (Å²) in [4.78, 5) is 17.1. The third-order valence-electron chi connectivity index (χ3n) is 3.58. The van der Waals surface area contributed by atoms with Crippen molar-refractivity contribution in [3.63, 3.8) is 0 Å². The lowest BCUT2D eigenvalue weighted by atomic mass is 10.2. The van der Waals surface area contributed by atoms with Crippen molar-refractivity contribution in [3.8, 4) is 5.75 Å². The number of carbonyl (C=O) groups is 1. The maximum Gasteiger partial charge on any atom is 0.270 e. The number of aryl methyl sites for hydroxylation is 1. The third-order valence-corrected chi connectivity index (χ3v) is 3.58. The Balaban J connectivity index is 2.48. The minimum atomic E-state index is -0.252. The summed E-state index contributed by atoms with van der Waals surface area (Å²) >= 11 is 0. The lowest BCUT2D eigenvalue weighted by Gasteiger charge is -2.14. The number of carbonyl (C=O) groups excluding carboxylic acids is 1. The highest BCUT2D eigenvalue weighted by Gasteiger charge is 2.21. The molecule has 2 heterocycles. The largest absolute Gasteiger partial charge is 0.490 e. The number of nitrogens with zero attached hydrogens (tertiary/aromatic N) is 2. The highest BCUT2D eigenvalue weighted by atomic mass is 16.5. The Labute approximate surface area is 130 Å². The van der Waals surface area contributed by atoms with Crippen LogP contribution in [-0.2, 0) is 6.42 Å². The van der Waals surface area contributed by atoms with Crippen LogP contribution in [0, 0.1) is 0 Å². The van der Waals surface area contributed by atoms with Gasteiger partial charge in [0, 0.05) is 6.20 Å². The predicted molar refractivity (Wildman–Crippen MR) is 84.4 cm³/mol. The number of pyridine rings is 1. The van der Waals surface area contributed by atoms with E-state index < -0.39 is 0 Å². The molecular formula is C16H23N3O3. The number of ether oxygens (including phenoxy) is 1. The molecule has 0 saturated carbocycles. The molecule has 6 heteroatoms. The summed E-state index contributed by atoms with van der Waals surface area (Å²) in [5.74, 6) is 0.437. The lowest BCUT2D eigenvalue weighted by Crippen LogP contribution is -2.37. The number of imidazole rings is 1. The van der Waals surface area contributed by atoms with Crippen LogP contribution in [0.3, 0.4) is 0 Å². The van der Waals surface area contributed by atoms with E-state index in [0.29, 0.717) is 36.5 Å². The van der Waals surface area contributed by atoms with E-state index in [4.69, 9.17) is 4.74 Å². The van der Waals surface area contributed by atoms with Gasteiger partial charge in [0.2, 0.25) is 0 Å². The summed E-state index contributed by atoms with van der Waals surface area (Å²) in [6.07, 6.45) is 3.12. The number of hydrogen-bond acceptors (Lipinski definition) is 4. The van der Waals surface area contributed by atoms with Gasteiger partial charge in [-0.05, 0) is 31.9 Å². The van der Waals surface area contributed by atoms with Crippen LogP contribution in [-0.4, -0.2) is 39.7 Å². The zero-order valence-electron chi connectivity index (χ0n) is 13.3. The first-order chi connectivity index (χ1) is 10.7. The van der Waals surface area contributed by atoms with Gasteiger partial charge < -0.3 is 15.2 Å². The molecule has 6 nitrogen and oxygen atoms in total. The number of rotatable bonds is 7. The van der Waals surface area contributed by atoms with Crippen LogP contribution < -0.4 is 10.1 Å². The zero-order valence-corrected chi connectivity index (χ0v) is 13.3. The number of fused-ring (bicyclic) bond motifs is 1. The molecule has 0 aliphatic heterocycles. The van der Waals surface area contributed by atoms with Crippen LogP contribution >= 0.6 is 0 Å². The first-order valence-electron chi connectivity index (χ1n) is 7.70. The molecule has 0 aromatic carbocycles. The minimum absolute atomic E-state index is 0.0787. The molecule has 2 N–H and O–H groups in total. The van der Waals surface area contributed by atoms with E-state index in [1.807, 2.05) is 32.9 Å². The maximum atomic E-state index is 12.6. The molecule has 2 aromatic heterocycles. The smallest absolute Gasteiger partial charge is 0.270 e. The normalized spacial score (nSPS) is 12.4. The lowest BCUT2D eigenvalue weighted by molar-refractivity contribution is 0.0908. The van der Waals surface area contributed by atoms with Crippen molar-refractivity contribution in [2.45, 2.75) is 39.7 Å². The fourth-order valence-corrected chi connectivity index (χ4v) is 2.38. The summed E-state index contributed by atoms with van der Waals surface area (Å²) in [6, 6.07) is 3.42. The standard InChI is InChI=1S/C16H23N3O3/c1-4-11(10-20)17-16(21)14-12(5-2)18-15-13(22-6-3)8-7-9-19(14)15/h7-9,11,20H,4-6,10H2,1-3H3,(H,17,21). The zero-order chi connectivity index (χ0) is 16.1. The van der Waals surface area contributed by atoms with Crippen LogP contribution in [0.2, 0.25) is 0 Å². The Morgan fingerprint density at radius 1 is 1.45 bits per heavy atom. The Hall–Kier alpha value is -2.08. The fourth-order valence-electron chi connectivity index (χ4n) is 2.38. The fraction of sp³-hybridized carbons (Fsp3) is 0.500. The molecule has 1 atom stereocenters. The van der Waals surface area contributed by atoms with Crippen LogP contribution in [0.25, 0.3) is 5.65 Å². The monoisotopic (exact) mass is 305 g/mol. The van der Waals surface area contributed by atoms with Gasteiger partial charge in [-0.2, -0.15) is 0 Å². The van der Waals surface area contributed by atoms with Crippen molar-refractivity contribution in [1.29, 1.82) is 0 Å².